The highest BCUT2D eigenvalue weighted by atomic mass is 32.2. The summed E-state index contributed by atoms with van der Waals surface area (Å²) in [6, 6.07) is 9.64. The van der Waals surface area contributed by atoms with Crippen LogP contribution in [0.1, 0.15) is 6.92 Å². The molecule has 1 aromatic rings. The highest BCUT2D eigenvalue weighted by Crippen LogP contribution is 2.08. The van der Waals surface area contributed by atoms with Crippen molar-refractivity contribution in [2.45, 2.75) is 13.0 Å². The molecular weight excluding hydrogens is 264 g/mol. The fourth-order valence-electron chi connectivity index (χ4n) is 1.41. The van der Waals surface area contributed by atoms with E-state index in [1.165, 1.54) is 18.4 Å². The minimum absolute atomic E-state index is 0.0929. The molecule has 0 bridgehead atoms. The summed E-state index contributed by atoms with van der Waals surface area (Å²) in [5, 5.41) is 3.13. The molecule has 1 atom stereocenters. The van der Waals surface area contributed by atoms with E-state index in [0.717, 1.165) is 5.75 Å². The monoisotopic (exact) mass is 286 g/mol. The van der Waals surface area contributed by atoms with Gasteiger partial charge in [-0.3, -0.25) is 0 Å². The molecule has 0 aliphatic heterocycles. The molecule has 0 unspecified atom stereocenters. The van der Waals surface area contributed by atoms with Crippen LogP contribution in [0.15, 0.2) is 30.3 Å². The first kappa shape index (κ1) is 15.9. The molecule has 0 fully saturated rings. The van der Waals surface area contributed by atoms with Gasteiger partial charge in [-0.05, 0) is 19.1 Å². The summed E-state index contributed by atoms with van der Waals surface area (Å²) in [6.07, 6.45) is 0. The van der Waals surface area contributed by atoms with Gasteiger partial charge in [0.2, 0.25) is 10.0 Å². The van der Waals surface area contributed by atoms with E-state index < -0.39 is 10.0 Å². The van der Waals surface area contributed by atoms with E-state index >= 15 is 0 Å². The molecule has 0 aromatic heterocycles. The minimum Gasteiger partial charge on any atom is -0.492 e. The van der Waals surface area contributed by atoms with E-state index in [0.29, 0.717) is 13.2 Å². The van der Waals surface area contributed by atoms with Gasteiger partial charge in [0, 0.05) is 26.7 Å². The Labute approximate surface area is 115 Å². The van der Waals surface area contributed by atoms with E-state index in [4.69, 9.17) is 4.74 Å². The lowest BCUT2D eigenvalue weighted by atomic mass is 10.3. The predicted molar refractivity (Wildman–Crippen MR) is 76.9 cm³/mol. The minimum atomic E-state index is -3.13. The van der Waals surface area contributed by atoms with Gasteiger partial charge in [0.25, 0.3) is 0 Å². The molecule has 108 valence electrons. The molecule has 0 saturated heterocycles. The summed E-state index contributed by atoms with van der Waals surface area (Å²) in [5.74, 6) is 0.910. The number of sulfonamides is 1. The maximum Gasteiger partial charge on any atom is 0.214 e. The van der Waals surface area contributed by atoms with Gasteiger partial charge in [0.05, 0.1) is 5.75 Å². The molecule has 1 N–H and O–H groups in total. The van der Waals surface area contributed by atoms with Crippen LogP contribution in [0.25, 0.3) is 0 Å². The molecule has 0 aliphatic carbocycles. The van der Waals surface area contributed by atoms with Gasteiger partial charge in [-0.15, -0.1) is 0 Å². The van der Waals surface area contributed by atoms with Crippen molar-refractivity contribution in [3.63, 3.8) is 0 Å². The zero-order valence-electron chi connectivity index (χ0n) is 11.7. The predicted octanol–water partition coefficient (Wildman–Crippen LogP) is 0.935. The first-order chi connectivity index (χ1) is 8.92. The van der Waals surface area contributed by atoms with E-state index in [1.807, 2.05) is 37.3 Å². The average Bonchev–Trinajstić information content (AvgIpc) is 2.37. The van der Waals surface area contributed by atoms with E-state index in [-0.39, 0.29) is 11.8 Å². The van der Waals surface area contributed by atoms with Gasteiger partial charge < -0.3 is 10.1 Å². The normalized spacial score (nSPS) is 13.5. The lowest BCUT2D eigenvalue weighted by Crippen LogP contribution is -2.37. The van der Waals surface area contributed by atoms with Crippen LogP contribution in [0.2, 0.25) is 0 Å². The number of hydrogen-bond acceptors (Lipinski definition) is 4. The SMILES string of the molecule is C[C@H](COc1ccccc1)NCCS(=O)(=O)N(C)C. The summed E-state index contributed by atoms with van der Waals surface area (Å²) >= 11 is 0. The Balaban J connectivity index is 2.24. The van der Waals surface area contributed by atoms with Crippen molar-refractivity contribution in [2.75, 3.05) is 33.0 Å². The lowest BCUT2D eigenvalue weighted by Gasteiger charge is -2.16. The Hall–Kier alpha value is -1.11. The van der Waals surface area contributed by atoms with Crippen molar-refractivity contribution in [1.29, 1.82) is 0 Å². The molecule has 0 amide bonds. The maximum atomic E-state index is 11.5. The van der Waals surface area contributed by atoms with Crippen LogP contribution < -0.4 is 10.1 Å². The first-order valence-electron chi connectivity index (χ1n) is 6.23. The molecule has 0 spiro atoms. The second-order valence-electron chi connectivity index (χ2n) is 4.58. The first-order valence-corrected chi connectivity index (χ1v) is 7.84. The van der Waals surface area contributed by atoms with Crippen molar-refractivity contribution in [1.82, 2.24) is 9.62 Å². The summed E-state index contributed by atoms with van der Waals surface area (Å²) < 4.78 is 29.9. The zero-order valence-corrected chi connectivity index (χ0v) is 12.5. The number of nitrogens with zero attached hydrogens (tertiary/aromatic N) is 1. The van der Waals surface area contributed by atoms with Gasteiger partial charge >= 0.3 is 0 Å². The number of para-hydroxylation sites is 1. The maximum absolute atomic E-state index is 11.5. The fraction of sp³-hybridized carbons (Fsp3) is 0.538. The van der Waals surface area contributed by atoms with Gasteiger partial charge in [0.15, 0.2) is 0 Å². The van der Waals surface area contributed by atoms with E-state index in [1.54, 1.807) is 0 Å². The van der Waals surface area contributed by atoms with Gasteiger partial charge in [-0.25, -0.2) is 12.7 Å². The molecule has 0 aliphatic rings. The molecule has 0 radical (unpaired) electrons. The Kier molecular flexibility index (Phi) is 6.27. The summed E-state index contributed by atoms with van der Waals surface area (Å²) in [7, 11) is -0.0530. The summed E-state index contributed by atoms with van der Waals surface area (Å²) in [5.41, 5.74) is 0. The highest BCUT2D eigenvalue weighted by molar-refractivity contribution is 7.89. The third-order valence-corrected chi connectivity index (χ3v) is 4.49. The molecule has 0 saturated carbocycles. The molecule has 5 nitrogen and oxygen atoms in total. The smallest absolute Gasteiger partial charge is 0.214 e. The highest BCUT2D eigenvalue weighted by Gasteiger charge is 2.13. The quantitative estimate of drug-likeness (QED) is 0.772. The van der Waals surface area contributed by atoms with Crippen LogP contribution in [0.3, 0.4) is 0 Å². The third kappa shape index (κ3) is 6.04. The Morgan fingerprint density at radius 2 is 1.89 bits per heavy atom. The molecule has 0 heterocycles. The Morgan fingerprint density at radius 1 is 1.26 bits per heavy atom. The van der Waals surface area contributed by atoms with Crippen LogP contribution in [-0.2, 0) is 10.0 Å². The molecule has 6 heteroatoms. The van der Waals surface area contributed by atoms with Crippen molar-refractivity contribution in [3.05, 3.63) is 30.3 Å². The molecular formula is C13H22N2O3S. The average molecular weight is 286 g/mol. The van der Waals surface area contributed by atoms with Crippen molar-refractivity contribution >= 4 is 10.0 Å². The van der Waals surface area contributed by atoms with Gasteiger partial charge in [-0.2, -0.15) is 0 Å². The largest absolute Gasteiger partial charge is 0.492 e. The number of benzene rings is 1. The Bertz CT molecular complexity index is 460. The number of ether oxygens (including phenoxy) is 1. The standard InChI is InChI=1S/C13H22N2O3S/c1-12(11-18-13-7-5-4-6-8-13)14-9-10-19(16,17)15(2)3/h4-8,12,14H,9-11H2,1-3H3/t12-/m1/s1. The van der Waals surface area contributed by atoms with Crippen molar-refractivity contribution in [2.24, 2.45) is 0 Å². The van der Waals surface area contributed by atoms with Crippen LogP contribution in [0.4, 0.5) is 0 Å². The number of hydrogen-bond donors (Lipinski definition) is 1. The lowest BCUT2D eigenvalue weighted by molar-refractivity contribution is 0.275. The molecule has 19 heavy (non-hydrogen) atoms. The number of rotatable bonds is 8. The second-order valence-corrected chi connectivity index (χ2v) is 6.88. The molecule has 1 aromatic carbocycles. The van der Waals surface area contributed by atoms with E-state index in [2.05, 4.69) is 5.32 Å². The third-order valence-electron chi connectivity index (χ3n) is 2.65. The number of nitrogens with one attached hydrogen (secondary N) is 1. The topological polar surface area (TPSA) is 58.6 Å². The van der Waals surface area contributed by atoms with Crippen LogP contribution in [-0.4, -0.2) is 51.8 Å². The summed E-state index contributed by atoms with van der Waals surface area (Å²) in [4.78, 5) is 0. The summed E-state index contributed by atoms with van der Waals surface area (Å²) in [6.45, 7) is 2.89. The second kappa shape index (κ2) is 7.47. The fourth-order valence-corrected chi connectivity index (χ4v) is 2.15. The zero-order chi connectivity index (χ0) is 14.3. The van der Waals surface area contributed by atoms with Crippen LogP contribution in [0.5, 0.6) is 5.75 Å². The molecule has 1 rings (SSSR count). The van der Waals surface area contributed by atoms with Crippen molar-refractivity contribution in [3.8, 4) is 5.75 Å². The van der Waals surface area contributed by atoms with Crippen LogP contribution in [0, 0.1) is 0 Å². The van der Waals surface area contributed by atoms with Gasteiger partial charge in [0.1, 0.15) is 12.4 Å². The van der Waals surface area contributed by atoms with Crippen LogP contribution >= 0.6 is 0 Å². The Morgan fingerprint density at radius 3 is 2.47 bits per heavy atom. The van der Waals surface area contributed by atoms with Gasteiger partial charge in [-0.1, -0.05) is 18.2 Å². The van der Waals surface area contributed by atoms with E-state index in [9.17, 15) is 8.42 Å². The van der Waals surface area contributed by atoms with Crippen molar-refractivity contribution < 1.29 is 13.2 Å².